The predicted molar refractivity (Wildman–Crippen MR) is 111 cm³/mol. The first-order chi connectivity index (χ1) is 14.1. The minimum absolute atomic E-state index is 0.226. The minimum Gasteiger partial charge on any atom is -0.457 e. The van der Waals surface area contributed by atoms with Crippen LogP contribution in [0.2, 0.25) is 0 Å². The summed E-state index contributed by atoms with van der Waals surface area (Å²) in [6.07, 6.45) is 0. The standard InChI is InChI=1S/C22H16FN3O2S/c1-14-2-4-15(5-3-14)20(27)24-22-26-25-21(29-22)16-6-10-18(11-7-16)28-19-12-8-17(23)9-13-19/h2-13H,1H3,(H,24,26,27). The van der Waals surface area contributed by atoms with Gasteiger partial charge in [-0.15, -0.1) is 10.2 Å². The maximum Gasteiger partial charge on any atom is 0.257 e. The quantitative estimate of drug-likeness (QED) is 0.463. The molecular formula is C22H16FN3O2S. The summed E-state index contributed by atoms with van der Waals surface area (Å²) in [5, 5.41) is 12.1. The van der Waals surface area contributed by atoms with Crippen molar-refractivity contribution in [2.24, 2.45) is 0 Å². The molecule has 1 amide bonds. The molecule has 0 aliphatic heterocycles. The SMILES string of the molecule is Cc1ccc(C(=O)Nc2nnc(-c3ccc(Oc4ccc(F)cc4)cc3)s2)cc1. The molecule has 0 unspecified atom stereocenters. The second-order valence-corrected chi connectivity index (χ2v) is 7.29. The molecule has 29 heavy (non-hydrogen) atoms. The molecule has 0 aliphatic rings. The summed E-state index contributed by atoms with van der Waals surface area (Å²) >= 11 is 1.29. The molecule has 1 N–H and O–H groups in total. The van der Waals surface area contributed by atoms with Crippen LogP contribution < -0.4 is 10.1 Å². The molecule has 7 heteroatoms. The third kappa shape index (κ3) is 4.64. The zero-order valence-electron chi connectivity index (χ0n) is 15.4. The number of ether oxygens (including phenoxy) is 1. The largest absolute Gasteiger partial charge is 0.457 e. The van der Waals surface area contributed by atoms with Crippen molar-refractivity contribution in [1.29, 1.82) is 0 Å². The number of hydrogen-bond acceptors (Lipinski definition) is 5. The van der Waals surface area contributed by atoms with E-state index < -0.39 is 0 Å². The Labute approximate surface area is 170 Å². The van der Waals surface area contributed by atoms with Crippen molar-refractivity contribution >= 4 is 22.4 Å². The van der Waals surface area contributed by atoms with Gasteiger partial charge in [-0.25, -0.2) is 4.39 Å². The average molecular weight is 405 g/mol. The molecule has 4 rings (SSSR count). The number of nitrogens with one attached hydrogen (secondary N) is 1. The number of benzene rings is 3. The van der Waals surface area contributed by atoms with Crippen molar-refractivity contribution in [3.05, 3.63) is 89.7 Å². The van der Waals surface area contributed by atoms with Crippen molar-refractivity contribution in [3.63, 3.8) is 0 Å². The van der Waals surface area contributed by atoms with Gasteiger partial charge < -0.3 is 4.74 Å². The number of aromatic nitrogens is 2. The summed E-state index contributed by atoms with van der Waals surface area (Å²) in [5.41, 5.74) is 2.51. The maximum absolute atomic E-state index is 13.0. The lowest BCUT2D eigenvalue weighted by Gasteiger charge is -2.05. The molecule has 0 saturated heterocycles. The van der Waals surface area contributed by atoms with Crippen LogP contribution in [0.15, 0.2) is 72.8 Å². The van der Waals surface area contributed by atoms with Gasteiger partial charge in [0.15, 0.2) is 0 Å². The normalized spacial score (nSPS) is 10.6. The minimum atomic E-state index is -0.311. The first-order valence-corrected chi connectivity index (χ1v) is 9.64. The van der Waals surface area contributed by atoms with E-state index in [1.807, 2.05) is 31.2 Å². The molecule has 1 aromatic heterocycles. The van der Waals surface area contributed by atoms with Crippen LogP contribution in [0.25, 0.3) is 10.6 Å². The number of carbonyl (C=O) groups is 1. The number of nitrogens with zero attached hydrogens (tertiary/aromatic N) is 2. The zero-order chi connectivity index (χ0) is 20.2. The number of anilines is 1. The second kappa shape index (κ2) is 8.20. The van der Waals surface area contributed by atoms with Crippen molar-refractivity contribution in [2.75, 3.05) is 5.32 Å². The fourth-order valence-corrected chi connectivity index (χ4v) is 3.31. The number of carbonyl (C=O) groups excluding carboxylic acids is 1. The van der Waals surface area contributed by atoms with Gasteiger partial charge in [0.2, 0.25) is 5.13 Å². The van der Waals surface area contributed by atoms with Crippen LogP contribution >= 0.6 is 11.3 Å². The lowest BCUT2D eigenvalue weighted by atomic mass is 10.1. The van der Waals surface area contributed by atoms with Gasteiger partial charge in [0, 0.05) is 11.1 Å². The van der Waals surface area contributed by atoms with Gasteiger partial charge in [0.05, 0.1) is 0 Å². The van der Waals surface area contributed by atoms with Crippen LogP contribution in [0.5, 0.6) is 11.5 Å². The summed E-state index contributed by atoms with van der Waals surface area (Å²) in [4.78, 5) is 12.3. The number of aryl methyl sites for hydroxylation is 1. The lowest BCUT2D eigenvalue weighted by Crippen LogP contribution is -2.11. The highest BCUT2D eigenvalue weighted by atomic mass is 32.1. The molecule has 0 fully saturated rings. The summed E-state index contributed by atoms with van der Waals surface area (Å²) in [5.74, 6) is 0.638. The summed E-state index contributed by atoms with van der Waals surface area (Å²) in [6, 6.07) is 20.4. The molecule has 0 bridgehead atoms. The Morgan fingerprint density at radius 3 is 2.17 bits per heavy atom. The van der Waals surface area contributed by atoms with E-state index in [1.54, 1.807) is 36.4 Å². The zero-order valence-corrected chi connectivity index (χ0v) is 16.2. The van der Waals surface area contributed by atoms with Gasteiger partial charge in [-0.05, 0) is 67.6 Å². The third-order valence-electron chi connectivity index (χ3n) is 4.11. The summed E-state index contributed by atoms with van der Waals surface area (Å²) in [6.45, 7) is 1.97. The Balaban J connectivity index is 1.43. The van der Waals surface area contributed by atoms with E-state index in [2.05, 4.69) is 15.5 Å². The molecule has 0 aliphatic carbocycles. The summed E-state index contributed by atoms with van der Waals surface area (Å²) in [7, 11) is 0. The topological polar surface area (TPSA) is 64.1 Å². The summed E-state index contributed by atoms with van der Waals surface area (Å²) < 4.78 is 18.6. The molecule has 3 aromatic carbocycles. The number of hydrogen-bond donors (Lipinski definition) is 1. The molecule has 144 valence electrons. The number of halogens is 1. The molecule has 5 nitrogen and oxygen atoms in total. The second-order valence-electron chi connectivity index (χ2n) is 6.31. The van der Waals surface area contributed by atoms with E-state index in [-0.39, 0.29) is 11.7 Å². The molecular weight excluding hydrogens is 389 g/mol. The fourth-order valence-electron chi connectivity index (χ4n) is 2.57. The van der Waals surface area contributed by atoms with Gasteiger partial charge in [-0.2, -0.15) is 0 Å². The van der Waals surface area contributed by atoms with E-state index in [9.17, 15) is 9.18 Å². The van der Waals surface area contributed by atoms with Gasteiger partial charge in [0.25, 0.3) is 5.91 Å². The van der Waals surface area contributed by atoms with Crippen molar-refractivity contribution in [3.8, 4) is 22.1 Å². The van der Waals surface area contributed by atoms with Crippen LogP contribution in [0, 0.1) is 12.7 Å². The Hall–Kier alpha value is -3.58. The van der Waals surface area contributed by atoms with Crippen molar-refractivity contribution in [2.45, 2.75) is 6.92 Å². The van der Waals surface area contributed by atoms with Crippen molar-refractivity contribution in [1.82, 2.24) is 10.2 Å². The maximum atomic E-state index is 13.0. The molecule has 0 spiro atoms. The van der Waals surface area contributed by atoms with Crippen LogP contribution in [0.3, 0.4) is 0 Å². The smallest absolute Gasteiger partial charge is 0.257 e. The monoisotopic (exact) mass is 405 g/mol. The van der Waals surface area contributed by atoms with Crippen LogP contribution in [-0.2, 0) is 0 Å². The van der Waals surface area contributed by atoms with Gasteiger partial charge in [-0.3, -0.25) is 10.1 Å². The first-order valence-electron chi connectivity index (χ1n) is 8.82. The predicted octanol–water partition coefficient (Wildman–Crippen LogP) is 5.70. The Kier molecular flexibility index (Phi) is 5.31. The van der Waals surface area contributed by atoms with Crippen LogP contribution in [0.4, 0.5) is 9.52 Å². The van der Waals surface area contributed by atoms with Gasteiger partial charge >= 0.3 is 0 Å². The molecule has 1 heterocycles. The molecule has 0 saturated carbocycles. The Bertz CT molecular complexity index is 1120. The Morgan fingerprint density at radius 1 is 0.897 bits per heavy atom. The van der Waals surface area contributed by atoms with Crippen LogP contribution in [0.1, 0.15) is 15.9 Å². The van der Waals surface area contributed by atoms with E-state index >= 15 is 0 Å². The van der Waals surface area contributed by atoms with E-state index in [1.165, 1.54) is 23.5 Å². The van der Waals surface area contributed by atoms with Crippen LogP contribution in [-0.4, -0.2) is 16.1 Å². The molecule has 4 aromatic rings. The van der Waals surface area contributed by atoms with E-state index in [4.69, 9.17) is 4.74 Å². The highest BCUT2D eigenvalue weighted by molar-refractivity contribution is 7.18. The Morgan fingerprint density at radius 2 is 1.52 bits per heavy atom. The molecule has 0 radical (unpaired) electrons. The first kappa shape index (κ1) is 18.8. The molecule has 0 atom stereocenters. The van der Waals surface area contributed by atoms with E-state index in [0.29, 0.717) is 27.2 Å². The van der Waals surface area contributed by atoms with Gasteiger partial charge in [0.1, 0.15) is 22.3 Å². The van der Waals surface area contributed by atoms with E-state index in [0.717, 1.165) is 11.1 Å². The lowest BCUT2D eigenvalue weighted by molar-refractivity contribution is 0.102. The number of rotatable bonds is 5. The highest BCUT2D eigenvalue weighted by Crippen LogP contribution is 2.29. The third-order valence-corrected chi connectivity index (χ3v) is 5.00. The number of amides is 1. The van der Waals surface area contributed by atoms with Gasteiger partial charge in [-0.1, -0.05) is 29.0 Å². The fraction of sp³-hybridized carbons (Fsp3) is 0.0455. The van der Waals surface area contributed by atoms with Crippen molar-refractivity contribution < 1.29 is 13.9 Å². The highest BCUT2D eigenvalue weighted by Gasteiger charge is 2.11. The average Bonchev–Trinajstić information content (AvgIpc) is 3.19.